The molecule has 3 N–H and O–H groups in total. The van der Waals surface area contributed by atoms with Crippen LogP contribution in [0, 0.1) is 11.3 Å². The predicted molar refractivity (Wildman–Crippen MR) is 71.2 cm³/mol. The van der Waals surface area contributed by atoms with E-state index in [1.807, 2.05) is 0 Å². The normalized spacial score (nSPS) is 27.1. The fraction of sp³-hybridized carbons (Fsp3) is 0.929. The first-order chi connectivity index (χ1) is 8.76. The van der Waals surface area contributed by atoms with Crippen LogP contribution in [-0.2, 0) is 4.79 Å². The number of carbonyl (C=O) groups excluding carboxylic acids is 1. The number of hydrogen-bond acceptors (Lipinski definition) is 3. The van der Waals surface area contributed by atoms with E-state index in [0.717, 1.165) is 51.7 Å². The molecule has 2 rings (SSSR count). The highest BCUT2D eigenvalue weighted by atomic mass is 16.3. The maximum absolute atomic E-state index is 12.1. The fourth-order valence-corrected chi connectivity index (χ4v) is 3.37. The highest BCUT2D eigenvalue weighted by Crippen LogP contribution is 2.40. The summed E-state index contributed by atoms with van der Waals surface area (Å²) in [6.45, 7) is 2.85. The lowest BCUT2D eigenvalue weighted by atomic mass is 9.82. The van der Waals surface area contributed by atoms with Crippen molar-refractivity contribution in [2.45, 2.75) is 44.9 Å². The van der Waals surface area contributed by atoms with Crippen LogP contribution in [0.2, 0.25) is 0 Å². The monoisotopic (exact) mass is 254 g/mol. The summed E-state index contributed by atoms with van der Waals surface area (Å²) >= 11 is 0. The van der Waals surface area contributed by atoms with Crippen LogP contribution >= 0.6 is 0 Å². The van der Waals surface area contributed by atoms with Crippen LogP contribution in [0.1, 0.15) is 44.9 Å². The molecule has 2 fully saturated rings. The third kappa shape index (κ3) is 3.45. The van der Waals surface area contributed by atoms with E-state index >= 15 is 0 Å². The first-order valence-electron chi connectivity index (χ1n) is 7.35. The number of carbonyl (C=O) groups is 1. The maximum Gasteiger partial charge on any atom is 0.224 e. The van der Waals surface area contributed by atoms with Gasteiger partial charge in [0.2, 0.25) is 5.91 Å². The van der Waals surface area contributed by atoms with Gasteiger partial charge in [-0.2, -0.15) is 0 Å². The number of amides is 1. The molecule has 4 nitrogen and oxygen atoms in total. The SMILES string of the molecule is O=C(NCC1(CCO)CCCC1)C1CCCNC1. The average Bonchev–Trinajstić information content (AvgIpc) is 2.87. The van der Waals surface area contributed by atoms with Gasteiger partial charge in [0.1, 0.15) is 0 Å². The topological polar surface area (TPSA) is 61.4 Å². The average molecular weight is 254 g/mol. The van der Waals surface area contributed by atoms with Gasteiger partial charge in [0.25, 0.3) is 0 Å². The standard InChI is InChI=1S/C14H26N2O2/c17-9-7-14(5-1-2-6-14)11-16-13(18)12-4-3-8-15-10-12/h12,15,17H,1-11H2,(H,16,18). The first-order valence-corrected chi connectivity index (χ1v) is 7.35. The molecule has 18 heavy (non-hydrogen) atoms. The molecule has 0 bridgehead atoms. The molecule has 0 spiro atoms. The smallest absolute Gasteiger partial charge is 0.224 e. The molecule has 2 aliphatic rings. The van der Waals surface area contributed by atoms with Gasteiger partial charge < -0.3 is 15.7 Å². The molecule has 1 saturated heterocycles. The second-order valence-corrected chi connectivity index (χ2v) is 5.94. The Hall–Kier alpha value is -0.610. The number of aliphatic hydroxyl groups is 1. The van der Waals surface area contributed by atoms with Gasteiger partial charge >= 0.3 is 0 Å². The third-order valence-electron chi connectivity index (χ3n) is 4.61. The van der Waals surface area contributed by atoms with Crippen molar-refractivity contribution in [3.8, 4) is 0 Å². The first kappa shape index (κ1) is 13.8. The molecule has 1 heterocycles. The van der Waals surface area contributed by atoms with Crippen LogP contribution in [0.25, 0.3) is 0 Å². The summed E-state index contributed by atoms with van der Waals surface area (Å²) in [6.07, 6.45) is 7.71. The Morgan fingerprint density at radius 3 is 2.72 bits per heavy atom. The summed E-state index contributed by atoms with van der Waals surface area (Å²) in [6, 6.07) is 0. The summed E-state index contributed by atoms with van der Waals surface area (Å²) in [5.41, 5.74) is 0.173. The second-order valence-electron chi connectivity index (χ2n) is 5.94. The lowest BCUT2D eigenvalue weighted by Crippen LogP contribution is -2.44. The minimum absolute atomic E-state index is 0.145. The van der Waals surface area contributed by atoms with Gasteiger partial charge in [-0.3, -0.25) is 4.79 Å². The van der Waals surface area contributed by atoms with E-state index in [1.165, 1.54) is 12.8 Å². The van der Waals surface area contributed by atoms with Gasteiger partial charge in [-0.05, 0) is 44.1 Å². The Kier molecular flexibility index (Phi) is 5.01. The van der Waals surface area contributed by atoms with Crippen molar-refractivity contribution >= 4 is 5.91 Å². The fourth-order valence-electron chi connectivity index (χ4n) is 3.37. The summed E-state index contributed by atoms with van der Waals surface area (Å²) in [7, 11) is 0. The van der Waals surface area contributed by atoms with Gasteiger partial charge in [-0.25, -0.2) is 0 Å². The van der Waals surface area contributed by atoms with E-state index in [1.54, 1.807) is 0 Å². The van der Waals surface area contributed by atoms with E-state index in [9.17, 15) is 9.90 Å². The van der Waals surface area contributed by atoms with Crippen molar-refractivity contribution in [1.82, 2.24) is 10.6 Å². The predicted octanol–water partition coefficient (Wildman–Crippen LogP) is 1.04. The molecule has 4 heteroatoms. The number of aliphatic hydroxyl groups excluding tert-OH is 1. The van der Waals surface area contributed by atoms with E-state index in [2.05, 4.69) is 10.6 Å². The Morgan fingerprint density at radius 1 is 1.33 bits per heavy atom. The molecule has 1 atom stereocenters. The van der Waals surface area contributed by atoms with E-state index in [0.29, 0.717) is 0 Å². The van der Waals surface area contributed by atoms with Crippen LogP contribution in [0.3, 0.4) is 0 Å². The molecule has 0 aromatic heterocycles. The Bertz CT molecular complexity index is 269. The van der Waals surface area contributed by atoms with Gasteiger partial charge in [-0.1, -0.05) is 12.8 Å². The van der Waals surface area contributed by atoms with Crippen LogP contribution in [0.15, 0.2) is 0 Å². The second kappa shape index (κ2) is 6.53. The van der Waals surface area contributed by atoms with Crippen LogP contribution in [0.5, 0.6) is 0 Å². The maximum atomic E-state index is 12.1. The molecule has 1 amide bonds. The van der Waals surface area contributed by atoms with Crippen molar-refractivity contribution in [1.29, 1.82) is 0 Å². The molecule has 0 radical (unpaired) electrons. The number of hydrogen-bond donors (Lipinski definition) is 3. The van der Waals surface area contributed by atoms with Gasteiger partial charge in [-0.15, -0.1) is 0 Å². The Morgan fingerprint density at radius 2 is 2.11 bits per heavy atom. The third-order valence-corrected chi connectivity index (χ3v) is 4.61. The minimum atomic E-state index is 0.145. The molecule has 0 aromatic carbocycles. The van der Waals surface area contributed by atoms with Crippen molar-refractivity contribution in [3.05, 3.63) is 0 Å². The zero-order valence-corrected chi connectivity index (χ0v) is 11.2. The Labute approximate surface area is 110 Å². The molecular formula is C14H26N2O2. The minimum Gasteiger partial charge on any atom is -0.396 e. The zero-order chi connectivity index (χ0) is 12.8. The van der Waals surface area contributed by atoms with E-state index < -0.39 is 0 Å². The van der Waals surface area contributed by atoms with Crippen molar-refractivity contribution in [2.24, 2.45) is 11.3 Å². The summed E-state index contributed by atoms with van der Waals surface area (Å²) in [4.78, 5) is 12.1. The van der Waals surface area contributed by atoms with Gasteiger partial charge in [0.15, 0.2) is 0 Å². The van der Waals surface area contributed by atoms with Gasteiger partial charge in [0.05, 0.1) is 5.92 Å². The number of nitrogens with one attached hydrogen (secondary N) is 2. The largest absolute Gasteiger partial charge is 0.396 e. The number of piperidine rings is 1. The van der Waals surface area contributed by atoms with Crippen molar-refractivity contribution in [2.75, 3.05) is 26.2 Å². The van der Waals surface area contributed by atoms with Crippen molar-refractivity contribution in [3.63, 3.8) is 0 Å². The molecule has 1 saturated carbocycles. The van der Waals surface area contributed by atoms with E-state index in [-0.39, 0.29) is 23.8 Å². The van der Waals surface area contributed by atoms with Crippen molar-refractivity contribution < 1.29 is 9.90 Å². The highest BCUT2D eigenvalue weighted by Gasteiger charge is 2.34. The lowest BCUT2D eigenvalue weighted by Gasteiger charge is -2.30. The summed E-state index contributed by atoms with van der Waals surface area (Å²) in [5.74, 6) is 0.345. The molecule has 1 unspecified atom stereocenters. The molecule has 104 valence electrons. The van der Waals surface area contributed by atoms with Crippen LogP contribution in [-0.4, -0.2) is 37.3 Å². The molecule has 0 aromatic rings. The molecule has 1 aliphatic carbocycles. The zero-order valence-electron chi connectivity index (χ0n) is 11.2. The molecule has 1 aliphatic heterocycles. The van der Waals surface area contributed by atoms with E-state index in [4.69, 9.17) is 0 Å². The molecular weight excluding hydrogens is 228 g/mol. The van der Waals surface area contributed by atoms with Gasteiger partial charge in [0, 0.05) is 19.7 Å². The summed E-state index contributed by atoms with van der Waals surface area (Å²) in [5, 5.41) is 15.6. The summed E-state index contributed by atoms with van der Waals surface area (Å²) < 4.78 is 0. The lowest BCUT2D eigenvalue weighted by molar-refractivity contribution is -0.126. The van der Waals surface area contributed by atoms with Crippen LogP contribution in [0.4, 0.5) is 0 Å². The highest BCUT2D eigenvalue weighted by molar-refractivity contribution is 5.79. The van der Waals surface area contributed by atoms with Crippen LogP contribution < -0.4 is 10.6 Å². The Balaban J connectivity index is 1.79. The quantitative estimate of drug-likeness (QED) is 0.687. The number of rotatable bonds is 5.